The maximum absolute atomic E-state index is 13.0. The third-order valence-electron chi connectivity index (χ3n) is 9.82. The van der Waals surface area contributed by atoms with Crippen molar-refractivity contribution in [3.05, 3.63) is 59.2 Å². The predicted molar refractivity (Wildman–Crippen MR) is 153 cm³/mol. The first kappa shape index (κ1) is 26.0. The number of hydrogen-bond acceptors (Lipinski definition) is 7. The third-order valence-corrected chi connectivity index (χ3v) is 9.82. The molecule has 0 spiro atoms. The van der Waals surface area contributed by atoms with Crippen LogP contribution in [0.1, 0.15) is 58.4 Å². The smallest absolute Gasteiger partial charge is 0.255 e. The molecular weight excluding hydrogens is 520 g/mol. The zero-order chi connectivity index (χ0) is 28.2. The van der Waals surface area contributed by atoms with Gasteiger partial charge in [0.25, 0.3) is 5.91 Å². The molecule has 2 aromatic rings. The lowest BCUT2D eigenvalue weighted by atomic mass is 9.95. The highest BCUT2D eigenvalue weighted by atomic mass is 16.2. The van der Waals surface area contributed by atoms with Gasteiger partial charge in [-0.1, -0.05) is 0 Å². The first-order chi connectivity index (χ1) is 19.8. The maximum atomic E-state index is 13.0. The molecule has 4 amide bonds. The first-order valence-electron chi connectivity index (χ1n) is 14.8. The standard InChI is InChI=1S/C31H36N6O4/c32-29(39)20-1-3-22(4-2-20)36-18-24-14-25(36)17-35(24)15-19-9-11-34(12-10-19)23-5-6-26-21(13-23)16-37(31(26)41)27-7-8-28(38)33-30(27)40/h1-6,13,19,24-25,27H,7-12,14-18H2,(H2,32,39)(H,33,38,40). The number of imide groups is 1. The van der Waals surface area contributed by atoms with Gasteiger partial charge >= 0.3 is 0 Å². The van der Waals surface area contributed by atoms with Gasteiger partial charge in [0, 0.05) is 80.3 Å². The number of nitrogens with two attached hydrogens (primary N) is 1. The van der Waals surface area contributed by atoms with E-state index in [0.717, 1.165) is 56.8 Å². The summed E-state index contributed by atoms with van der Waals surface area (Å²) in [6.45, 7) is 5.66. The zero-order valence-electron chi connectivity index (χ0n) is 23.1. The number of piperidine rings is 2. The number of anilines is 2. The minimum atomic E-state index is -0.581. The molecule has 0 radical (unpaired) electrons. The van der Waals surface area contributed by atoms with Gasteiger partial charge in [0.15, 0.2) is 0 Å². The van der Waals surface area contributed by atoms with E-state index in [2.05, 4.69) is 26.1 Å². The average molecular weight is 557 g/mol. The fraction of sp³-hybridized carbons (Fsp3) is 0.484. The van der Waals surface area contributed by atoms with Crippen LogP contribution < -0.4 is 20.9 Å². The number of primary amides is 1. The highest BCUT2D eigenvalue weighted by molar-refractivity contribution is 6.05. The molecule has 10 heteroatoms. The van der Waals surface area contributed by atoms with Gasteiger partial charge in [-0.15, -0.1) is 0 Å². The van der Waals surface area contributed by atoms with E-state index in [4.69, 9.17) is 5.73 Å². The minimum absolute atomic E-state index is 0.124. The Morgan fingerprint density at radius 3 is 2.34 bits per heavy atom. The number of hydrogen-bond donors (Lipinski definition) is 2. The number of rotatable bonds is 6. The summed E-state index contributed by atoms with van der Waals surface area (Å²) in [6, 6.07) is 14.2. The topological polar surface area (TPSA) is 119 Å². The Morgan fingerprint density at radius 2 is 1.66 bits per heavy atom. The average Bonchev–Trinajstić information content (AvgIpc) is 3.66. The Balaban J connectivity index is 0.920. The summed E-state index contributed by atoms with van der Waals surface area (Å²) in [4.78, 5) is 57.5. The molecule has 3 atom stereocenters. The molecule has 214 valence electrons. The van der Waals surface area contributed by atoms with Gasteiger partial charge in [-0.3, -0.25) is 29.4 Å². The fourth-order valence-corrected chi connectivity index (χ4v) is 7.57. The van der Waals surface area contributed by atoms with Gasteiger partial charge in [-0.25, -0.2) is 0 Å². The van der Waals surface area contributed by atoms with Crippen LogP contribution in [0.25, 0.3) is 0 Å². The molecule has 5 heterocycles. The highest BCUT2D eigenvalue weighted by Gasteiger charge is 2.44. The fourth-order valence-electron chi connectivity index (χ4n) is 7.57. The third kappa shape index (κ3) is 4.73. The van der Waals surface area contributed by atoms with E-state index in [0.29, 0.717) is 42.1 Å². The van der Waals surface area contributed by atoms with Crippen molar-refractivity contribution in [2.75, 3.05) is 42.5 Å². The Kier molecular flexibility index (Phi) is 6.45. The van der Waals surface area contributed by atoms with Crippen LogP contribution in [0, 0.1) is 5.92 Å². The summed E-state index contributed by atoms with van der Waals surface area (Å²) < 4.78 is 0. The molecule has 4 fully saturated rings. The van der Waals surface area contributed by atoms with Crippen LogP contribution in [0.5, 0.6) is 0 Å². The molecule has 41 heavy (non-hydrogen) atoms. The van der Waals surface area contributed by atoms with Gasteiger partial charge in [0.05, 0.1) is 0 Å². The zero-order valence-corrected chi connectivity index (χ0v) is 23.1. The number of carbonyl (C=O) groups excluding carboxylic acids is 4. The van der Waals surface area contributed by atoms with Gasteiger partial charge in [-0.05, 0) is 79.6 Å². The van der Waals surface area contributed by atoms with Crippen molar-refractivity contribution >= 4 is 35.0 Å². The summed E-state index contributed by atoms with van der Waals surface area (Å²) >= 11 is 0. The Hall–Kier alpha value is -3.92. The van der Waals surface area contributed by atoms with Crippen molar-refractivity contribution in [3.63, 3.8) is 0 Å². The number of likely N-dealkylation sites (tertiary alicyclic amines) is 1. The summed E-state index contributed by atoms with van der Waals surface area (Å²) in [6.07, 6.45) is 4.13. The van der Waals surface area contributed by atoms with Crippen molar-refractivity contribution in [2.45, 2.75) is 56.8 Å². The van der Waals surface area contributed by atoms with Crippen LogP contribution >= 0.6 is 0 Å². The van der Waals surface area contributed by atoms with Crippen LogP contribution in [0.4, 0.5) is 11.4 Å². The first-order valence-corrected chi connectivity index (χ1v) is 14.8. The van der Waals surface area contributed by atoms with Crippen molar-refractivity contribution in [1.29, 1.82) is 0 Å². The number of amides is 4. The lowest BCUT2D eigenvalue weighted by Crippen LogP contribution is -2.52. The van der Waals surface area contributed by atoms with E-state index >= 15 is 0 Å². The molecular formula is C31H36N6O4. The second-order valence-corrected chi connectivity index (χ2v) is 12.2. The van der Waals surface area contributed by atoms with Crippen molar-refractivity contribution in [3.8, 4) is 0 Å². The Labute approximate surface area is 239 Å². The maximum Gasteiger partial charge on any atom is 0.255 e. The minimum Gasteiger partial charge on any atom is -0.372 e. The van der Waals surface area contributed by atoms with Gasteiger partial charge in [-0.2, -0.15) is 0 Å². The number of benzene rings is 2. The summed E-state index contributed by atoms with van der Waals surface area (Å²) in [5.74, 6) is -0.482. The largest absolute Gasteiger partial charge is 0.372 e. The molecule has 2 aromatic carbocycles. The molecule has 5 aliphatic rings. The molecule has 0 aliphatic carbocycles. The molecule has 5 aliphatic heterocycles. The van der Waals surface area contributed by atoms with E-state index < -0.39 is 6.04 Å². The number of nitrogens with zero attached hydrogens (tertiary/aromatic N) is 4. The van der Waals surface area contributed by atoms with E-state index in [-0.39, 0.29) is 30.0 Å². The van der Waals surface area contributed by atoms with E-state index in [1.807, 2.05) is 36.4 Å². The second-order valence-electron chi connectivity index (χ2n) is 12.2. The molecule has 0 aromatic heterocycles. The molecule has 0 saturated carbocycles. The molecule has 2 bridgehead atoms. The molecule has 3 unspecified atom stereocenters. The molecule has 10 nitrogen and oxygen atoms in total. The lowest BCUT2D eigenvalue weighted by Gasteiger charge is -2.40. The Morgan fingerprint density at radius 1 is 0.902 bits per heavy atom. The SMILES string of the molecule is NC(=O)c1ccc(N2CC3CC2CN3CC2CCN(c3ccc4c(c3)CN(C3CCC(=O)NC3=O)C4=O)CC2)cc1. The summed E-state index contributed by atoms with van der Waals surface area (Å²) in [5.41, 5.74) is 9.88. The number of nitrogens with one attached hydrogen (secondary N) is 1. The van der Waals surface area contributed by atoms with E-state index in [1.165, 1.54) is 12.1 Å². The highest BCUT2D eigenvalue weighted by Crippen LogP contribution is 2.37. The van der Waals surface area contributed by atoms with Crippen LogP contribution in [-0.4, -0.2) is 84.3 Å². The number of fused-ring (bicyclic) bond motifs is 3. The molecule has 4 saturated heterocycles. The second kappa shape index (κ2) is 10.2. The predicted octanol–water partition coefficient (Wildman–Crippen LogP) is 1.73. The number of carbonyl (C=O) groups is 4. The van der Waals surface area contributed by atoms with Crippen LogP contribution in [-0.2, 0) is 16.1 Å². The number of piperazine rings is 1. The summed E-state index contributed by atoms with van der Waals surface area (Å²) in [7, 11) is 0. The summed E-state index contributed by atoms with van der Waals surface area (Å²) in [5, 5.41) is 2.37. The van der Waals surface area contributed by atoms with Gasteiger partial charge < -0.3 is 20.4 Å². The van der Waals surface area contributed by atoms with Crippen molar-refractivity contribution < 1.29 is 19.2 Å². The van der Waals surface area contributed by atoms with E-state index in [1.54, 1.807) is 4.90 Å². The van der Waals surface area contributed by atoms with Crippen molar-refractivity contribution in [1.82, 2.24) is 15.1 Å². The van der Waals surface area contributed by atoms with Crippen LogP contribution in [0.2, 0.25) is 0 Å². The Bertz CT molecular complexity index is 1400. The van der Waals surface area contributed by atoms with E-state index in [9.17, 15) is 19.2 Å². The quantitative estimate of drug-likeness (QED) is 0.520. The molecule has 3 N–H and O–H groups in total. The molecule has 7 rings (SSSR count). The lowest BCUT2D eigenvalue weighted by molar-refractivity contribution is -0.136. The van der Waals surface area contributed by atoms with Crippen molar-refractivity contribution in [2.24, 2.45) is 11.7 Å². The normalized spacial score (nSPS) is 26.6. The van der Waals surface area contributed by atoms with Gasteiger partial charge in [0.1, 0.15) is 6.04 Å². The van der Waals surface area contributed by atoms with Crippen LogP contribution in [0.3, 0.4) is 0 Å². The van der Waals surface area contributed by atoms with Gasteiger partial charge in [0.2, 0.25) is 17.7 Å². The van der Waals surface area contributed by atoms with Crippen LogP contribution in [0.15, 0.2) is 42.5 Å². The monoisotopic (exact) mass is 556 g/mol.